The van der Waals surface area contributed by atoms with E-state index in [1.54, 1.807) is 24.5 Å². The fourth-order valence-electron chi connectivity index (χ4n) is 3.79. The first kappa shape index (κ1) is 18.5. The number of aromatic nitrogens is 4. The van der Waals surface area contributed by atoms with Gasteiger partial charge in [0.2, 0.25) is 5.91 Å². The summed E-state index contributed by atoms with van der Waals surface area (Å²) >= 11 is 0. The van der Waals surface area contributed by atoms with Crippen molar-refractivity contribution in [2.45, 2.75) is 32.4 Å². The zero-order valence-electron chi connectivity index (χ0n) is 15.8. The Balaban J connectivity index is 1.50. The van der Waals surface area contributed by atoms with Crippen LogP contribution in [0.3, 0.4) is 0 Å². The van der Waals surface area contributed by atoms with Crippen LogP contribution in [0, 0.1) is 5.82 Å². The highest BCUT2D eigenvalue weighted by atomic mass is 19.1. The van der Waals surface area contributed by atoms with Gasteiger partial charge in [0.05, 0.1) is 12.2 Å². The normalized spacial score (nSPS) is 17.3. The van der Waals surface area contributed by atoms with Crippen molar-refractivity contribution in [3.05, 3.63) is 53.7 Å². The highest BCUT2D eigenvalue weighted by Crippen LogP contribution is 2.31. The van der Waals surface area contributed by atoms with E-state index in [1.165, 1.54) is 13.0 Å². The number of carbonyl (C=O) groups excluding carboxylic acids is 1. The molecule has 28 heavy (non-hydrogen) atoms. The summed E-state index contributed by atoms with van der Waals surface area (Å²) in [5.74, 6) is -0.00578. The van der Waals surface area contributed by atoms with Gasteiger partial charge in [0.25, 0.3) is 0 Å². The zero-order chi connectivity index (χ0) is 19.5. The number of rotatable bonds is 6. The van der Waals surface area contributed by atoms with E-state index >= 15 is 0 Å². The molecule has 0 bridgehead atoms. The Hall–Kier alpha value is -2.87. The number of likely N-dealkylation sites (tertiary alicyclic amines) is 1. The molecule has 4 rings (SSSR count). The molecular formula is C20H23FN6O. The van der Waals surface area contributed by atoms with Crippen molar-refractivity contribution in [1.82, 2.24) is 30.0 Å². The molecule has 7 nitrogen and oxygen atoms in total. The predicted molar refractivity (Wildman–Crippen MR) is 103 cm³/mol. The number of nitrogens with zero attached hydrogens (tertiary/aromatic N) is 5. The summed E-state index contributed by atoms with van der Waals surface area (Å²) in [5, 5.41) is 7.57. The fraction of sp³-hybridized carbons (Fsp3) is 0.400. The van der Waals surface area contributed by atoms with E-state index in [4.69, 9.17) is 5.10 Å². The van der Waals surface area contributed by atoms with E-state index in [-0.39, 0.29) is 17.6 Å². The second-order valence-corrected chi connectivity index (χ2v) is 7.17. The Bertz CT molecular complexity index is 988. The Labute approximate surface area is 162 Å². The molecule has 0 saturated carbocycles. The van der Waals surface area contributed by atoms with Crippen molar-refractivity contribution < 1.29 is 9.18 Å². The van der Waals surface area contributed by atoms with Gasteiger partial charge in [-0.15, -0.1) is 0 Å². The van der Waals surface area contributed by atoms with E-state index in [0.717, 1.165) is 48.5 Å². The monoisotopic (exact) mass is 382 g/mol. The minimum atomic E-state index is -0.201. The minimum Gasteiger partial charge on any atom is -0.354 e. The van der Waals surface area contributed by atoms with Gasteiger partial charge in [0.15, 0.2) is 5.65 Å². The van der Waals surface area contributed by atoms with E-state index in [9.17, 15) is 9.18 Å². The number of nitrogens with one attached hydrogen (secondary N) is 1. The zero-order valence-corrected chi connectivity index (χ0v) is 15.8. The average Bonchev–Trinajstić information content (AvgIpc) is 3.26. The van der Waals surface area contributed by atoms with Crippen LogP contribution in [0.5, 0.6) is 0 Å². The van der Waals surface area contributed by atoms with Crippen LogP contribution >= 0.6 is 0 Å². The quantitative estimate of drug-likeness (QED) is 0.707. The highest BCUT2D eigenvalue weighted by Gasteiger charge is 2.29. The molecule has 1 atom stereocenters. The lowest BCUT2D eigenvalue weighted by atomic mass is 10.0. The van der Waals surface area contributed by atoms with Gasteiger partial charge in [-0.05, 0) is 30.7 Å². The number of carbonyl (C=O) groups is 1. The molecule has 3 heterocycles. The van der Waals surface area contributed by atoms with Gasteiger partial charge in [-0.1, -0.05) is 12.1 Å². The van der Waals surface area contributed by atoms with Crippen molar-refractivity contribution in [2.24, 2.45) is 0 Å². The SMILES string of the molecule is CC(=O)NCCn1nc([C@@H]2CCN(Cc3cccc(F)c3)C2)c2nccnc21. The van der Waals surface area contributed by atoms with Gasteiger partial charge in [0.1, 0.15) is 11.3 Å². The summed E-state index contributed by atoms with van der Waals surface area (Å²) in [4.78, 5) is 22.4. The summed E-state index contributed by atoms with van der Waals surface area (Å²) in [6.45, 7) is 5.05. The molecule has 1 aliphatic rings. The van der Waals surface area contributed by atoms with Gasteiger partial charge < -0.3 is 5.32 Å². The van der Waals surface area contributed by atoms with E-state index in [2.05, 4.69) is 20.2 Å². The maximum absolute atomic E-state index is 13.4. The van der Waals surface area contributed by atoms with Crippen molar-refractivity contribution in [3.63, 3.8) is 0 Å². The number of fused-ring (bicyclic) bond motifs is 1. The summed E-state index contributed by atoms with van der Waals surface area (Å²) < 4.78 is 15.3. The number of hydrogen-bond donors (Lipinski definition) is 1. The summed E-state index contributed by atoms with van der Waals surface area (Å²) in [5.41, 5.74) is 3.49. The van der Waals surface area contributed by atoms with Crippen LogP contribution in [0.1, 0.15) is 30.5 Å². The Kier molecular flexibility index (Phi) is 5.29. The van der Waals surface area contributed by atoms with Crippen molar-refractivity contribution in [3.8, 4) is 0 Å². The highest BCUT2D eigenvalue weighted by molar-refractivity contribution is 5.74. The van der Waals surface area contributed by atoms with Crippen molar-refractivity contribution in [1.29, 1.82) is 0 Å². The van der Waals surface area contributed by atoms with Crippen molar-refractivity contribution >= 4 is 17.1 Å². The third kappa shape index (κ3) is 4.01. The molecule has 0 radical (unpaired) electrons. The average molecular weight is 382 g/mol. The van der Waals surface area contributed by atoms with Crippen molar-refractivity contribution in [2.75, 3.05) is 19.6 Å². The number of benzene rings is 1. The predicted octanol–water partition coefficient (Wildman–Crippen LogP) is 2.09. The van der Waals surface area contributed by atoms with Gasteiger partial charge in [-0.25, -0.2) is 19.0 Å². The molecule has 1 fully saturated rings. The van der Waals surface area contributed by atoms with Crippen LogP contribution in [0.4, 0.5) is 4.39 Å². The molecule has 1 N–H and O–H groups in total. The van der Waals surface area contributed by atoms with Gasteiger partial charge in [0, 0.05) is 44.9 Å². The first-order valence-electron chi connectivity index (χ1n) is 9.49. The van der Waals surface area contributed by atoms with Crippen LogP contribution in [0.15, 0.2) is 36.7 Å². The summed E-state index contributed by atoms with van der Waals surface area (Å²) in [6.07, 6.45) is 4.32. The molecular weight excluding hydrogens is 359 g/mol. The molecule has 8 heteroatoms. The topological polar surface area (TPSA) is 75.9 Å². The molecule has 1 aromatic carbocycles. The van der Waals surface area contributed by atoms with Gasteiger partial charge >= 0.3 is 0 Å². The lowest BCUT2D eigenvalue weighted by molar-refractivity contribution is -0.118. The number of halogens is 1. The number of amides is 1. The maximum Gasteiger partial charge on any atom is 0.216 e. The molecule has 3 aromatic rings. The molecule has 0 aliphatic carbocycles. The smallest absolute Gasteiger partial charge is 0.216 e. The molecule has 1 saturated heterocycles. The summed E-state index contributed by atoms with van der Waals surface area (Å²) in [6, 6.07) is 6.76. The standard InChI is InChI=1S/C20H23FN6O/c1-14(28)22-8-10-27-20-19(23-6-7-24-20)18(25-27)16-5-9-26(13-16)12-15-3-2-4-17(21)11-15/h2-4,6-7,11,16H,5,8-10,12-13H2,1H3,(H,22,28)/t16-/m1/s1. The van der Waals surface area contributed by atoms with Crippen LogP contribution < -0.4 is 5.32 Å². The van der Waals surface area contributed by atoms with E-state index < -0.39 is 0 Å². The minimum absolute atomic E-state index is 0.0634. The van der Waals surface area contributed by atoms with Gasteiger partial charge in [-0.2, -0.15) is 5.10 Å². The lowest BCUT2D eigenvalue weighted by Gasteiger charge is -2.15. The molecule has 0 unspecified atom stereocenters. The first-order valence-corrected chi connectivity index (χ1v) is 9.49. The van der Waals surface area contributed by atoms with E-state index in [1.807, 2.05) is 10.7 Å². The molecule has 1 aliphatic heterocycles. The van der Waals surface area contributed by atoms with Crippen LogP contribution in [-0.2, 0) is 17.9 Å². The molecule has 2 aromatic heterocycles. The van der Waals surface area contributed by atoms with E-state index in [0.29, 0.717) is 13.1 Å². The third-order valence-corrected chi connectivity index (χ3v) is 5.05. The second-order valence-electron chi connectivity index (χ2n) is 7.17. The second kappa shape index (κ2) is 8.02. The van der Waals surface area contributed by atoms with Crippen LogP contribution in [0.2, 0.25) is 0 Å². The maximum atomic E-state index is 13.4. The lowest BCUT2D eigenvalue weighted by Crippen LogP contribution is -2.25. The largest absolute Gasteiger partial charge is 0.354 e. The molecule has 0 spiro atoms. The van der Waals surface area contributed by atoms with Crippen LogP contribution in [0.25, 0.3) is 11.2 Å². The number of hydrogen-bond acceptors (Lipinski definition) is 5. The third-order valence-electron chi connectivity index (χ3n) is 5.05. The Morgan fingerprint density at radius 2 is 2.18 bits per heavy atom. The Morgan fingerprint density at radius 3 is 3.00 bits per heavy atom. The fourth-order valence-corrected chi connectivity index (χ4v) is 3.79. The van der Waals surface area contributed by atoms with Crippen LogP contribution in [-0.4, -0.2) is 50.2 Å². The first-order chi connectivity index (χ1) is 13.6. The molecule has 146 valence electrons. The Morgan fingerprint density at radius 1 is 1.32 bits per heavy atom. The molecule has 1 amide bonds. The summed E-state index contributed by atoms with van der Waals surface area (Å²) in [7, 11) is 0. The van der Waals surface area contributed by atoms with Gasteiger partial charge in [-0.3, -0.25) is 9.69 Å².